The molecule has 0 aromatic heterocycles. The summed E-state index contributed by atoms with van der Waals surface area (Å²) in [4.78, 5) is 10.8. The maximum atomic E-state index is 12.7. The maximum absolute atomic E-state index is 12.7. The van der Waals surface area contributed by atoms with Crippen LogP contribution in [-0.4, -0.2) is 35.7 Å². The van der Waals surface area contributed by atoms with Crippen LogP contribution in [0.5, 0.6) is 17.2 Å². The molecule has 26 heavy (non-hydrogen) atoms. The number of methoxy groups -OCH3 is 3. The third-order valence-electron chi connectivity index (χ3n) is 3.63. The van der Waals surface area contributed by atoms with E-state index in [0.717, 1.165) is 6.07 Å². The van der Waals surface area contributed by atoms with E-state index in [1.165, 1.54) is 45.6 Å². The van der Waals surface area contributed by atoms with E-state index in [0.29, 0.717) is 11.3 Å². The Hall–Kier alpha value is -2.94. The monoisotopic (exact) mass is 380 g/mol. The van der Waals surface area contributed by atoms with Crippen LogP contribution >= 0.6 is 0 Å². The van der Waals surface area contributed by atoms with Gasteiger partial charge in [-0.2, -0.15) is 0 Å². The second-order valence-corrected chi connectivity index (χ2v) is 6.94. The van der Waals surface area contributed by atoms with Gasteiger partial charge in [0.2, 0.25) is 5.75 Å². The first-order valence-corrected chi connectivity index (χ1v) is 8.86. The average molecular weight is 380 g/mol. The molecular formula is C17H18NO7S-. The third kappa shape index (κ3) is 3.83. The Morgan fingerprint density at radius 2 is 1.58 bits per heavy atom. The van der Waals surface area contributed by atoms with Gasteiger partial charge in [-0.25, -0.2) is 8.42 Å². The molecule has 0 aliphatic carbocycles. The Morgan fingerprint density at radius 3 is 2.04 bits per heavy atom. The average Bonchev–Trinajstić information content (AvgIpc) is 2.60. The van der Waals surface area contributed by atoms with E-state index in [-0.39, 0.29) is 27.6 Å². The molecule has 0 spiro atoms. The fraction of sp³-hybridized carbons (Fsp3) is 0.235. The highest BCUT2D eigenvalue weighted by Gasteiger charge is 2.20. The first-order valence-electron chi connectivity index (χ1n) is 7.38. The summed E-state index contributed by atoms with van der Waals surface area (Å²) >= 11 is 0. The van der Waals surface area contributed by atoms with Gasteiger partial charge in [0.15, 0.2) is 11.5 Å². The van der Waals surface area contributed by atoms with Gasteiger partial charge >= 0.3 is 0 Å². The SMILES string of the molecule is COc1cc(NS(=O)(=O)c2cc(C(=O)[O-])ccc2C)cc(OC)c1OC. The van der Waals surface area contributed by atoms with Crippen LogP contribution < -0.4 is 24.0 Å². The van der Waals surface area contributed by atoms with Crippen LogP contribution in [0.2, 0.25) is 0 Å². The zero-order chi connectivity index (χ0) is 19.5. The standard InChI is InChI=1S/C17H19NO7S/c1-10-5-6-11(17(19)20)7-15(10)26(21,22)18-12-8-13(23-2)16(25-4)14(9-12)24-3/h5-9,18H,1-4H3,(H,19,20)/p-1. The number of aromatic carboxylic acids is 1. The fourth-order valence-electron chi connectivity index (χ4n) is 2.37. The molecule has 0 saturated heterocycles. The molecule has 8 nitrogen and oxygen atoms in total. The van der Waals surface area contributed by atoms with Gasteiger partial charge in [-0.1, -0.05) is 12.1 Å². The second kappa shape index (κ2) is 7.52. The minimum Gasteiger partial charge on any atom is -0.545 e. The summed E-state index contributed by atoms with van der Waals surface area (Å²) in [6.07, 6.45) is 0. The van der Waals surface area contributed by atoms with Gasteiger partial charge in [0, 0.05) is 12.1 Å². The summed E-state index contributed by atoms with van der Waals surface area (Å²) in [5.74, 6) is -0.614. The van der Waals surface area contributed by atoms with Crippen molar-refractivity contribution in [3.63, 3.8) is 0 Å². The predicted octanol–water partition coefficient (Wildman–Crippen LogP) is 1.19. The summed E-state index contributed by atoms with van der Waals surface area (Å²) in [5, 5.41) is 11.0. The summed E-state index contributed by atoms with van der Waals surface area (Å²) < 4.78 is 43.4. The lowest BCUT2D eigenvalue weighted by Crippen LogP contribution is -2.23. The highest BCUT2D eigenvalue weighted by atomic mass is 32.2. The van der Waals surface area contributed by atoms with Crippen molar-refractivity contribution >= 4 is 21.7 Å². The number of rotatable bonds is 7. The Morgan fingerprint density at radius 1 is 1.00 bits per heavy atom. The number of carbonyl (C=O) groups is 1. The van der Waals surface area contributed by atoms with Crippen molar-refractivity contribution in [3.8, 4) is 17.2 Å². The topological polar surface area (TPSA) is 114 Å². The van der Waals surface area contributed by atoms with E-state index in [4.69, 9.17) is 14.2 Å². The van der Waals surface area contributed by atoms with E-state index >= 15 is 0 Å². The summed E-state index contributed by atoms with van der Waals surface area (Å²) in [6.45, 7) is 1.56. The number of aryl methyl sites for hydroxylation is 1. The fourth-order valence-corrected chi connectivity index (χ4v) is 3.68. The second-order valence-electron chi connectivity index (χ2n) is 5.29. The Kier molecular flexibility index (Phi) is 5.61. The first kappa shape index (κ1) is 19.4. The minimum absolute atomic E-state index is 0.165. The van der Waals surface area contributed by atoms with Crippen LogP contribution in [0.1, 0.15) is 15.9 Å². The molecule has 0 heterocycles. The van der Waals surface area contributed by atoms with Gasteiger partial charge in [0.1, 0.15) is 0 Å². The molecule has 0 radical (unpaired) electrons. The van der Waals surface area contributed by atoms with Gasteiger partial charge in [-0.15, -0.1) is 0 Å². The molecule has 2 rings (SSSR count). The van der Waals surface area contributed by atoms with Crippen LogP contribution in [0.3, 0.4) is 0 Å². The number of nitrogens with one attached hydrogen (secondary N) is 1. The summed E-state index contributed by atoms with van der Waals surface area (Å²) in [5.41, 5.74) is 0.313. The normalized spacial score (nSPS) is 10.9. The lowest BCUT2D eigenvalue weighted by Gasteiger charge is -2.16. The summed E-state index contributed by atoms with van der Waals surface area (Å²) in [7, 11) is 0.179. The van der Waals surface area contributed by atoms with Crippen molar-refractivity contribution in [1.82, 2.24) is 0 Å². The zero-order valence-corrected chi connectivity index (χ0v) is 15.5. The van der Waals surface area contributed by atoms with Gasteiger partial charge in [-0.05, 0) is 24.1 Å². The zero-order valence-electron chi connectivity index (χ0n) is 14.7. The molecule has 9 heteroatoms. The van der Waals surface area contributed by atoms with E-state index in [1.807, 2.05) is 0 Å². The summed E-state index contributed by atoms with van der Waals surface area (Å²) in [6, 6.07) is 6.58. The van der Waals surface area contributed by atoms with Gasteiger partial charge in [-0.3, -0.25) is 4.72 Å². The van der Waals surface area contributed by atoms with E-state index in [2.05, 4.69) is 4.72 Å². The highest BCUT2D eigenvalue weighted by molar-refractivity contribution is 7.92. The Balaban J connectivity index is 2.50. The van der Waals surface area contributed by atoms with Crippen LogP contribution in [0.25, 0.3) is 0 Å². The highest BCUT2D eigenvalue weighted by Crippen LogP contribution is 2.40. The van der Waals surface area contributed by atoms with Crippen molar-refractivity contribution in [2.75, 3.05) is 26.1 Å². The maximum Gasteiger partial charge on any atom is 0.262 e. The molecule has 2 aromatic carbocycles. The molecule has 0 atom stereocenters. The number of sulfonamides is 1. The number of hydrogen-bond donors (Lipinski definition) is 1. The number of ether oxygens (including phenoxy) is 3. The quantitative estimate of drug-likeness (QED) is 0.767. The first-order chi connectivity index (χ1) is 12.2. The Labute approximate surface area is 151 Å². The molecule has 0 fully saturated rings. The van der Waals surface area contributed by atoms with Crippen LogP contribution in [-0.2, 0) is 10.0 Å². The van der Waals surface area contributed by atoms with Gasteiger partial charge in [0.05, 0.1) is 37.9 Å². The molecule has 0 aliphatic rings. The molecular weight excluding hydrogens is 362 g/mol. The van der Waals surface area contributed by atoms with Crippen molar-refractivity contribution in [2.24, 2.45) is 0 Å². The van der Waals surface area contributed by atoms with Crippen LogP contribution in [0.4, 0.5) is 5.69 Å². The van der Waals surface area contributed by atoms with E-state index < -0.39 is 16.0 Å². The molecule has 1 N–H and O–H groups in total. The van der Waals surface area contributed by atoms with Crippen molar-refractivity contribution < 1.29 is 32.5 Å². The number of carboxylic acids is 1. The minimum atomic E-state index is -4.06. The molecule has 140 valence electrons. The molecule has 0 bridgehead atoms. The third-order valence-corrected chi connectivity index (χ3v) is 5.15. The van der Waals surface area contributed by atoms with Crippen molar-refractivity contribution in [2.45, 2.75) is 11.8 Å². The van der Waals surface area contributed by atoms with Crippen LogP contribution in [0.15, 0.2) is 35.2 Å². The number of hydrogen-bond acceptors (Lipinski definition) is 7. The lowest BCUT2D eigenvalue weighted by atomic mass is 10.1. The number of anilines is 1. The van der Waals surface area contributed by atoms with E-state index in [9.17, 15) is 18.3 Å². The molecule has 0 saturated carbocycles. The largest absolute Gasteiger partial charge is 0.545 e. The van der Waals surface area contributed by atoms with E-state index in [1.54, 1.807) is 6.92 Å². The van der Waals surface area contributed by atoms with Gasteiger partial charge < -0.3 is 24.1 Å². The molecule has 2 aromatic rings. The number of carboxylic acid groups (broad SMARTS) is 1. The van der Waals surface area contributed by atoms with Crippen molar-refractivity contribution in [1.29, 1.82) is 0 Å². The Bertz CT molecular complexity index is 913. The van der Waals surface area contributed by atoms with Crippen molar-refractivity contribution in [3.05, 3.63) is 41.5 Å². The lowest BCUT2D eigenvalue weighted by molar-refractivity contribution is -0.255. The number of benzene rings is 2. The van der Waals surface area contributed by atoms with Gasteiger partial charge in [0.25, 0.3) is 10.0 Å². The molecule has 0 aliphatic heterocycles. The molecule has 0 amide bonds. The number of carbonyl (C=O) groups excluding carboxylic acids is 1. The predicted molar refractivity (Wildman–Crippen MR) is 92.4 cm³/mol. The van der Waals surface area contributed by atoms with Crippen LogP contribution in [0, 0.1) is 6.92 Å². The molecule has 0 unspecified atom stereocenters. The smallest absolute Gasteiger partial charge is 0.262 e.